The van der Waals surface area contributed by atoms with Crippen molar-refractivity contribution in [2.75, 3.05) is 20.1 Å². The van der Waals surface area contributed by atoms with Gasteiger partial charge in [0.05, 0.1) is 11.8 Å². The first kappa shape index (κ1) is 16.3. The number of hydrogen-bond acceptors (Lipinski definition) is 4. The third-order valence-corrected chi connectivity index (χ3v) is 6.19. The Morgan fingerprint density at radius 3 is 2.56 bits per heavy atom. The van der Waals surface area contributed by atoms with E-state index in [0.29, 0.717) is 25.6 Å². The van der Waals surface area contributed by atoms with E-state index in [1.807, 2.05) is 5.38 Å². The highest BCUT2D eigenvalue weighted by Crippen LogP contribution is 2.52. The minimum absolute atomic E-state index is 0.00914. The number of guanidine groups is 1. The summed E-state index contributed by atoms with van der Waals surface area (Å²) in [5.41, 5.74) is 1.20. The number of amides is 2. The summed E-state index contributed by atoms with van der Waals surface area (Å²) >= 11 is 1.66. The van der Waals surface area contributed by atoms with Gasteiger partial charge in [0.2, 0.25) is 11.8 Å². The Morgan fingerprint density at radius 2 is 1.96 bits per heavy atom. The van der Waals surface area contributed by atoms with Gasteiger partial charge >= 0.3 is 0 Å². The smallest absolute Gasteiger partial charge is 0.233 e. The molecule has 1 aliphatic heterocycles. The van der Waals surface area contributed by atoms with E-state index in [2.05, 4.69) is 39.2 Å². The number of nitrogens with one attached hydrogen (secondary N) is 2. The van der Waals surface area contributed by atoms with Gasteiger partial charge < -0.3 is 10.6 Å². The van der Waals surface area contributed by atoms with Crippen LogP contribution in [0.15, 0.2) is 34.0 Å². The van der Waals surface area contributed by atoms with Crippen LogP contribution < -0.4 is 10.6 Å². The van der Waals surface area contributed by atoms with E-state index in [1.54, 1.807) is 18.4 Å². The molecular formula is C18H22N4O2S. The number of carbonyl (C=O) groups excluding carboxylic acids is 2. The highest BCUT2D eigenvalue weighted by atomic mass is 32.1. The number of likely N-dealkylation sites (tertiary alicyclic amines) is 1. The number of fused-ring (bicyclic) bond motifs is 5. The van der Waals surface area contributed by atoms with E-state index in [4.69, 9.17) is 0 Å². The number of nitrogens with zero attached hydrogens (tertiary/aromatic N) is 2. The average Bonchev–Trinajstić information content (AvgIpc) is 3.38. The number of allylic oxidation sites excluding steroid dienone is 2. The van der Waals surface area contributed by atoms with Crippen molar-refractivity contribution in [3.8, 4) is 0 Å². The second kappa shape index (κ2) is 6.63. The molecule has 4 atom stereocenters. The largest absolute Gasteiger partial charge is 0.355 e. The van der Waals surface area contributed by atoms with Crippen LogP contribution in [0.4, 0.5) is 0 Å². The Morgan fingerprint density at radius 1 is 1.24 bits per heavy atom. The third-order valence-electron chi connectivity index (χ3n) is 5.45. The monoisotopic (exact) mass is 358 g/mol. The molecule has 3 aliphatic rings. The zero-order valence-electron chi connectivity index (χ0n) is 14.1. The SMILES string of the molecule is CN=C(NCCN1C(=O)C2C3C=CC(C3)C2C1=O)NCc1ccsc1. The molecule has 2 bridgehead atoms. The molecular weight excluding hydrogens is 336 g/mol. The van der Waals surface area contributed by atoms with Crippen molar-refractivity contribution in [2.24, 2.45) is 28.7 Å². The fraction of sp³-hybridized carbons (Fsp3) is 0.500. The number of imide groups is 1. The molecule has 1 aromatic rings. The first-order valence-electron chi connectivity index (χ1n) is 8.68. The van der Waals surface area contributed by atoms with Crippen molar-refractivity contribution in [1.29, 1.82) is 0 Å². The number of thiophene rings is 1. The molecule has 0 radical (unpaired) electrons. The summed E-state index contributed by atoms with van der Waals surface area (Å²) in [6.07, 6.45) is 5.21. The molecule has 132 valence electrons. The van der Waals surface area contributed by atoms with E-state index in [-0.39, 0.29) is 35.5 Å². The number of carbonyl (C=O) groups is 2. The van der Waals surface area contributed by atoms with Crippen LogP contribution in [0.3, 0.4) is 0 Å². The standard InChI is InChI=1S/C18H22N4O2S/c1-19-18(21-9-11-4-7-25-10-11)20-5-6-22-16(23)14-12-2-3-13(8-12)15(14)17(22)24/h2-4,7,10,12-15H,5-6,8-9H2,1H3,(H2,19,20,21). The summed E-state index contributed by atoms with van der Waals surface area (Å²) in [6, 6.07) is 2.06. The van der Waals surface area contributed by atoms with Gasteiger partial charge in [0, 0.05) is 26.7 Å². The first-order valence-corrected chi connectivity index (χ1v) is 9.62. The fourth-order valence-electron chi connectivity index (χ4n) is 4.27. The number of aliphatic imine (C=N–C) groups is 1. The van der Waals surface area contributed by atoms with Gasteiger partial charge in [0.15, 0.2) is 5.96 Å². The van der Waals surface area contributed by atoms with Crippen molar-refractivity contribution in [1.82, 2.24) is 15.5 Å². The molecule has 4 unspecified atom stereocenters. The highest BCUT2D eigenvalue weighted by molar-refractivity contribution is 7.07. The van der Waals surface area contributed by atoms with Crippen LogP contribution >= 0.6 is 11.3 Å². The Balaban J connectivity index is 1.28. The topological polar surface area (TPSA) is 73.8 Å². The molecule has 1 saturated heterocycles. The molecule has 1 saturated carbocycles. The molecule has 6 nitrogen and oxygen atoms in total. The Hall–Kier alpha value is -2.15. The van der Waals surface area contributed by atoms with Crippen LogP contribution in [0, 0.1) is 23.7 Å². The minimum atomic E-state index is -0.112. The fourth-order valence-corrected chi connectivity index (χ4v) is 4.94. The van der Waals surface area contributed by atoms with Crippen molar-refractivity contribution >= 4 is 29.1 Å². The average molecular weight is 358 g/mol. The maximum absolute atomic E-state index is 12.6. The quantitative estimate of drug-likeness (QED) is 0.359. The first-order chi connectivity index (χ1) is 12.2. The number of hydrogen-bond donors (Lipinski definition) is 2. The second-order valence-electron chi connectivity index (χ2n) is 6.81. The van der Waals surface area contributed by atoms with E-state index < -0.39 is 0 Å². The van der Waals surface area contributed by atoms with Gasteiger partial charge in [-0.2, -0.15) is 11.3 Å². The Bertz CT molecular complexity index is 697. The van der Waals surface area contributed by atoms with E-state index in [1.165, 1.54) is 10.5 Å². The lowest BCUT2D eigenvalue weighted by atomic mass is 9.85. The molecule has 2 fully saturated rings. The molecule has 25 heavy (non-hydrogen) atoms. The minimum Gasteiger partial charge on any atom is -0.355 e. The van der Waals surface area contributed by atoms with Gasteiger partial charge in [-0.15, -0.1) is 0 Å². The third kappa shape index (κ3) is 2.86. The molecule has 2 N–H and O–H groups in total. The molecule has 2 aliphatic carbocycles. The van der Waals surface area contributed by atoms with E-state index >= 15 is 0 Å². The Labute approximate surface area is 151 Å². The summed E-state index contributed by atoms with van der Waals surface area (Å²) in [5, 5.41) is 10.5. The zero-order chi connectivity index (χ0) is 17.4. The normalized spacial score (nSPS) is 30.3. The van der Waals surface area contributed by atoms with Crippen LogP contribution in [-0.4, -0.2) is 42.8 Å². The maximum Gasteiger partial charge on any atom is 0.233 e. The lowest BCUT2D eigenvalue weighted by molar-refractivity contribution is -0.140. The maximum atomic E-state index is 12.6. The zero-order valence-corrected chi connectivity index (χ0v) is 15.0. The van der Waals surface area contributed by atoms with Gasteiger partial charge in [0.1, 0.15) is 0 Å². The van der Waals surface area contributed by atoms with Crippen molar-refractivity contribution < 1.29 is 9.59 Å². The van der Waals surface area contributed by atoms with Gasteiger partial charge in [-0.3, -0.25) is 19.5 Å². The van der Waals surface area contributed by atoms with Crippen LogP contribution in [0.2, 0.25) is 0 Å². The Kier molecular flexibility index (Phi) is 4.33. The van der Waals surface area contributed by atoms with Crippen LogP contribution in [0.25, 0.3) is 0 Å². The molecule has 4 rings (SSSR count). The summed E-state index contributed by atoms with van der Waals surface area (Å²) in [7, 11) is 1.71. The summed E-state index contributed by atoms with van der Waals surface area (Å²) in [5.74, 6) is 1.00. The summed E-state index contributed by atoms with van der Waals surface area (Å²) < 4.78 is 0. The van der Waals surface area contributed by atoms with Crippen LogP contribution in [0.5, 0.6) is 0 Å². The molecule has 2 amide bonds. The molecule has 1 aromatic heterocycles. The summed E-state index contributed by atoms with van der Waals surface area (Å²) in [6.45, 7) is 1.59. The predicted octanol–water partition coefficient (Wildman–Crippen LogP) is 1.22. The molecule has 2 heterocycles. The van der Waals surface area contributed by atoms with Crippen LogP contribution in [0.1, 0.15) is 12.0 Å². The van der Waals surface area contributed by atoms with Gasteiger partial charge in [0.25, 0.3) is 0 Å². The second-order valence-corrected chi connectivity index (χ2v) is 7.59. The van der Waals surface area contributed by atoms with Crippen LogP contribution in [-0.2, 0) is 16.1 Å². The summed E-state index contributed by atoms with van der Waals surface area (Å²) in [4.78, 5) is 30.9. The van der Waals surface area contributed by atoms with Gasteiger partial charge in [-0.05, 0) is 40.6 Å². The van der Waals surface area contributed by atoms with Crippen molar-refractivity contribution in [2.45, 2.75) is 13.0 Å². The number of rotatable bonds is 5. The molecule has 0 spiro atoms. The van der Waals surface area contributed by atoms with Gasteiger partial charge in [-0.1, -0.05) is 12.2 Å². The predicted molar refractivity (Wildman–Crippen MR) is 97.0 cm³/mol. The van der Waals surface area contributed by atoms with Gasteiger partial charge in [-0.25, -0.2) is 0 Å². The lowest BCUT2D eigenvalue weighted by Crippen LogP contribution is -2.43. The highest BCUT2D eigenvalue weighted by Gasteiger charge is 2.58. The van der Waals surface area contributed by atoms with Crippen molar-refractivity contribution in [3.63, 3.8) is 0 Å². The lowest BCUT2D eigenvalue weighted by Gasteiger charge is -2.18. The van der Waals surface area contributed by atoms with E-state index in [9.17, 15) is 9.59 Å². The van der Waals surface area contributed by atoms with Crippen molar-refractivity contribution in [3.05, 3.63) is 34.5 Å². The van der Waals surface area contributed by atoms with E-state index in [0.717, 1.165) is 6.42 Å². The molecule has 0 aromatic carbocycles. The molecule has 7 heteroatoms.